The molecule has 1 aliphatic heterocycles. The Bertz CT molecular complexity index is 875. The molecule has 3 rings (SSSR count). The van der Waals surface area contributed by atoms with Crippen molar-refractivity contribution in [3.63, 3.8) is 0 Å². The fourth-order valence-corrected chi connectivity index (χ4v) is 3.94. The quantitative estimate of drug-likeness (QED) is 0.941. The third-order valence-electron chi connectivity index (χ3n) is 3.91. The van der Waals surface area contributed by atoms with Gasteiger partial charge >= 0.3 is 0 Å². The van der Waals surface area contributed by atoms with E-state index in [1.807, 2.05) is 13.0 Å². The van der Waals surface area contributed by atoms with Gasteiger partial charge < -0.3 is 4.90 Å². The van der Waals surface area contributed by atoms with E-state index in [1.165, 1.54) is 6.92 Å². The van der Waals surface area contributed by atoms with Crippen molar-refractivity contribution in [3.8, 4) is 0 Å². The Balaban J connectivity index is 1.88. The molecule has 120 valence electrons. The van der Waals surface area contributed by atoms with E-state index >= 15 is 0 Å². The summed E-state index contributed by atoms with van der Waals surface area (Å²) in [4.78, 5) is 13.5. The molecule has 6 heteroatoms. The number of rotatable bonds is 3. The van der Waals surface area contributed by atoms with E-state index in [4.69, 9.17) is 0 Å². The highest BCUT2D eigenvalue weighted by molar-refractivity contribution is 7.92. The normalized spacial score (nSPS) is 13.7. The van der Waals surface area contributed by atoms with Crippen LogP contribution in [0.2, 0.25) is 0 Å². The zero-order valence-electron chi connectivity index (χ0n) is 13.0. The van der Waals surface area contributed by atoms with E-state index in [2.05, 4.69) is 4.72 Å². The molecule has 5 nitrogen and oxygen atoms in total. The maximum atomic E-state index is 12.5. The number of hydrogen-bond donors (Lipinski definition) is 1. The molecule has 0 aliphatic carbocycles. The molecule has 2 aromatic rings. The molecule has 0 aromatic heterocycles. The second-order valence-corrected chi connectivity index (χ2v) is 7.37. The minimum absolute atomic E-state index is 0.00292. The van der Waals surface area contributed by atoms with Gasteiger partial charge in [0.2, 0.25) is 5.91 Å². The van der Waals surface area contributed by atoms with Crippen molar-refractivity contribution < 1.29 is 13.2 Å². The Hall–Kier alpha value is -2.34. The Labute approximate surface area is 136 Å². The Morgan fingerprint density at radius 3 is 2.65 bits per heavy atom. The smallest absolute Gasteiger partial charge is 0.261 e. The lowest BCUT2D eigenvalue weighted by atomic mass is 10.1. The first-order valence-corrected chi connectivity index (χ1v) is 8.86. The fourth-order valence-electron chi connectivity index (χ4n) is 2.79. The van der Waals surface area contributed by atoms with Crippen LogP contribution in [-0.2, 0) is 21.2 Å². The molecule has 23 heavy (non-hydrogen) atoms. The molecule has 2 aromatic carbocycles. The molecule has 1 amide bonds. The lowest BCUT2D eigenvalue weighted by molar-refractivity contribution is -0.116. The first-order chi connectivity index (χ1) is 10.9. The molecule has 0 spiro atoms. The van der Waals surface area contributed by atoms with E-state index in [9.17, 15) is 13.2 Å². The zero-order valence-corrected chi connectivity index (χ0v) is 13.9. The van der Waals surface area contributed by atoms with Gasteiger partial charge in [0, 0.05) is 24.8 Å². The van der Waals surface area contributed by atoms with E-state index in [0.29, 0.717) is 12.2 Å². The number of nitrogens with zero attached hydrogens (tertiary/aromatic N) is 1. The van der Waals surface area contributed by atoms with Gasteiger partial charge in [0.05, 0.1) is 4.90 Å². The van der Waals surface area contributed by atoms with E-state index in [-0.39, 0.29) is 10.8 Å². The molecular formula is C17H18N2O3S. The number of sulfonamides is 1. The van der Waals surface area contributed by atoms with E-state index in [0.717, 1.165) is 23.2 Å². The highest BCUT2D eigenvalue weighted by Gasteiger charge is 2.23. The molecule has 0 radical (unpaired) electrons. The van der Waals surface area contributed by atoms with Gasteiger partial charge in [-0.3, -0.25) is 9.52 Å². The van der Waals surface area contributed by atoms with Crippen molar-refractivity contribution >= 4 is 27.3 Å². The van der Waals surface area contributed by atoms with Crippen LogP contribution < -0.4 is 9.62 Å². The molecule has 0 bridgehead atoms. The minimum atomic E-state index is -3.61. The van der Waals surface area contributed by atoms with Crippen LogP contribution in [0.25, 0.3) is 0 Å². The Morgan fingerprint density at radius 1 is 1.17 bits per heavy atom. The molecule has 1 N–H and O–H groups in total. The first-order valence-electron chi connectivity index (χ1n) is 7.37. The number of fused-ring (bicyclic) bond motifs is 1. The lowest BCUT2D eigenvalue weighted by Gasteiger charge is -2.15. The van der Waals surface area contributed by atoms with Crippen LogP contribution in [0.4, 0.5) is 11.4 Å². The number of nitrogens with one attached hydrogen (secondary N) is 1. The van der Waals surface area contributed by atoms with Crippen molar-refractivity contribution in [1.29, 1.82) is 0 Å². The van der Waals surface area contributed by atoms with Crippen LogP contribution in [0.1, 0.15) is 18.1 Å². The van der Waals surface area contributed by atoms with Crippen LogP contribution >= 0.6 is 0 Å². The monoisotopic (exact) mass is 330 g/mol. The van der Waals surface area contributed by atoms with Gasteiger partial charge in [-0.25, -0.2) is 8.42 Å². The van der Waals surface area contributed by atoms with Gasteiger partial charge in [-0.15, -0.1) is 0 Å². The van der Waals surface area contributed by atoms with Crippen LogP contribution in [0.3, 0.4) is 0 Å². The summed E-state index contributed by atoms with van der Waals surface area (Å²) in [5, 5.41) is 0. The topological polar surface area (TPSA) is 66.5 Å². The Morgan fingerprint density at radius 2 is 1.96 bits per heavy atom. The molecular weight excluding hydrogens is 312 g/mol. The van der Waals surface area contributed by atoms with Gasteiger partial charge in [-0.1, -0.05) is 12.1 Å². The SMILES string of the molecule is CC(=O)N1CCc2cc(NS(=O)(=O)c3cccc(C)c3)ccc21. The van der Waals surface area contributed by atoms with Crippen molar-refractivity contribution in [3.05, 3.63) is 53.6 Å². The van der Waals surface area contributed by atoms with Crippen LogP contribution in [0, 0.1) is 6.92 Å². The standard InChI is InChI=1S/C17H18N2O3S/c1-12-4-3-5-16(10-12)23(21,22)18-15-6-7-17-14(11-15)8-9-19(17)13(2)20/h3-7,10-11,18H,8-9H2,1-2H3. The molecule has 0 saturated heterocycles. The predicted molar refractivity (Wildman–Crippen MR) is 90.2 cm³/mol. The molecule has 1 heterocycles. The highest BCUT2D eigenvalue weighted by atomic mass is 32.2. The predicted octanol–water partition coefficient (Wildman–Crippen LogP) is 2.70. The second kappa shape index (κ2) is 5.70. The summed E-state index contributed by atoms with van der Waals surface area (Å²) in [7, 11) is -3.61. The molecule has 0 unspecified atom stereocenters. The number of carbonyl (C=O) groups is 1. The first kappa shape index (κ1) is 15.6. The average molecular weight is 330 g/mol. The highest BCUT2D eigenvalue weighted by Crippen LogP contribution is 2.31. The third kappa shape index (κ3) is 3.07. The molecule has 1 aliphatic rings. The van der Waals surface area contributed by atoms with Gasteiger partial charge in [0.15, 0.2) is 0 Å². The number of benzene rings is 2. The van der Waals surface area contributed by atoms with Crippen molar-refractivity contribution in [1.82, 2.24) is 0 Å². The van der Waals surface area contributed by atoms with Crippen molar-refractivity contribution in [2.24, 2.45) is 0 Å². The van der Waals surface area contributed by atoms with Crippen LogP contribution in [0.15, 0.2) is 47.4 Å². The summed E-state index contributed by atoms with van der Waals surface area (Å²) in [6, 6.07) is 12.0. The van der Waals surface area contributed by atoms with Crippen molar-refractivity contribution in [2.75, 3.05) is 16.2 Å². The summed E-state index contributed by atoms with van der Waals surface area (Å²) < 4.78 is 27.5. The van der Waals surface area contributed by atoms with E-state index in [1.54, 1.807) is 41.3 Å². The Kier molecular flexibility index (Phi) is 3.85. The number of anilines is 2. The fraction of sp³-hybridized carbons (Fsp3) is 0.235. The van der Waals surface area contributed by atoms with Gasteiger partial charge in [0.1, 0.15) is 0 Å². The second-order valence-electron chi connectivity index (χ2n) is 5.69. The maximum Gasteiger partial charge on any atom is 0.261 e. The van der Waals surface area contributed by atoms with Crippen molar-refractivity contribution in [2.45, 2.75) is 25.2 Å². The summed E-state index contributed by atoms with van der Waals surface area (Å²) >= 11 is 0. The summed E-state index contributed by atoms with van der Waals surface area (Å²) in [5.41, 5.74) is 3.23. The van der Waals surface area contributed by atoms with Gasteiger partial charge in [0.25, 0.3) is 10.0 Å². The van der Waals surface area contributed by atoms with Gasteiger partial charge in [-0.05, 0) is 54.8 Å². The zero-order chi connectivity index (χ0) is 16.6. The van der Waals surface area contributed by atoms with E-state index < -0.39 is 10.0 Å². The third-order valence-corrected chi connectivity index (χ3v) is 5.29. The number of amides is 1. The minimum Gasteiger partial charge on any atom is -0.312 e. The largest absolute Gasteiger partial charge is 0.312 e. The number of aryl methyl sites for hydroxylation is 1. The average Bonchev–Trinajstić information content (AvgIpc) is 2.90. The number of carbonyl (C=O) groups excluding carboxylic acids is 1. The maximum absolute atomic E-state index is 12.5. The van der Waals surface area contributed by atoms with Gasteiger partial charge in [-0.2, -0.15) is 0 Å². The summed E-state index contributed by atoms with van der Waals surface area (Å²) in [6.07, 6.45) is 0.731. The van der Waals surface area contributed by atoms with Crippen LogP contribution in [0.5, 0.6) is 0 Å². The number of hydrogen-bond acceptors (Lipinski definition) is 3. The summed E-state index contributed by atoms with van der Waals surface area (Å²) in [6.45, 7) is 4.02. The summed E-state index contributed by atoms with van der Waals surface area (Å²) in [5.74, 6) is -0.00292. The molecule has 0 fully saturated rings. The molecule has 0 atom stereocenters. The molecule has 0 saturated carbocycles. The van der Waals surface area contributed by atoms with Crippen LogP contribution in [-0.4, -0.2) is 20.9 Å². The lowest BCUT2D eigenvalue weighted by Crippen LogP contribution is -2.25.